The number of hydrogen-bond acceptors (Lipinski definition) is 4. The molecule has 3 aromatic rings. The van der Waals surface area contributed by atoms with E-state index in [1.54, 1.807) is 23.1 Å². The van der Waals surface area contributed by atoms with E-state index >= 15 is 0 Å². The number of para-hydroxylation sites is 1. The van der Waals surface area contributed by atoms with Crippen molar-refractivity contribution in [2.45, 2.75) is 13.8 Å². The van der Waals surface area contributed by atoms with Crippen LogP contribution in [0.1, 0.15) is 24.2 Å². The molecular weight excluding hydrogens is 443 g/mol. The van der Waals surface area contributed by atoms with Crippen LogP contribution in [-0.4, -0.2) is 72.1 Å². The summed E-state index contributed by atoms with van der Waals surface area (Å²) in [6.07, 6.45) is 0. The van der Waals surface area contributed by atoms with E-state index in [1.165, 1.54) is 20.7 Å². The Bertz CT molecular complexity index is 1250. The standard InChI is InChI=1S/C24H27FN4O3S/c1-3-28(4-2)33(31,32)29-15-13-27(14-16-29)24(30)21-17-23(18-9-11-19(25)12-10-18)26-22-8-6-5-7-20(21)22/h5-12,17H,3-4,13-16H2,1-2H3. The maximum absolute atomic E-state index is 13.5. The average molecular weight is 471 g/mol. The number of nitrogens with zero attached hydrogens (tertiary/aromatic N) is 4. The van der Waals surface area contributed by atoms with Gasteiger partial charge in [-0.3, -0.25) is 4.79 Å². The monoisotopic (exact) mass is 470 g/mol. The van der Waals surface area contributed by atoms with Crippen LogP contribution in [-0.2, 0) is 10.2 Å². The van der Waals surface area contributed by atoms with Crippen molar-refractivity contribution in [3.05, 3.63) is 66.0 Å². The number of pyridine rings is 1. The molecule has 0 bridgehead atoms. The number of hydrogen-bond donors (Lipinski definition) is 0. The van der Waals surface area contributed by atoms with E-state index < -0.39 is 10.2 Å². The van der Waals surface area contributed by atoms with Crippen LogP contribution in [0.25, 0.3) is 22.2 Å². The Morgan fingerprint density at radius 1 is 1.00 bits per heavy atom. The van der Waals surface area contributed by atoms with Crippen LogP contribution >= 0.6 is 0 Å². The Balaban J connectivity index is 1.62. The molecule has 0 N–H and O–H groups in total. The van der Waals surface area contributed by atoms with Gasteiger partial charge in [0.05, 0.1) is 16.8 Å². The third kappa shape index (κ3) is 4.62. The number of rotatable bonds is 6. The molecule has 0 saturated carbocycles. The minimum absolute atomic E-state index is 0.170. The number of piperazine rings is 1. The lowest BCUT2D eigenvalue weighted by molar-refractivity contribution is 0.0696. The highest BCUT2D eigenvalue weighted by Crippen LogP contribution is 2.26. The van der Waals surface area contributed by atoms with Gasteiger partial charge < -0.3 is 4.90 Å². The molecule has 33 heavy (non-hydrogen) atoms. The summed E-state index contributed by atoms with van der Waals surface area (Å²) in [6.45, 7) is 5.56. The molecule has 0 radical (unpaired) electrons. The molecule has 0 spiro atoms. The first kappa shape index (κ1) is 23.3. The normalized spacial score (nSPS) is 15.3. The summed E-state index contributed by atoms with van der Waals surface area (Å²) in [5, 5.41) is 0.728. The minimum atomic E-state index is -3.53. The molecule has 1 amide bonds. The van der Waals surface area contributed by atoms with Crippen molar-refractivity contribution in [3.8, 4) is 11.3 Å². The van der Waals surface area contributed by atoms with Crippen molar-refractivity contribution in [2.24, 2.45) is 0 Å². The van der Waals surface area contributed by atoms with Crippen LogP contribution in [0.2, 0.25) is 0 Å². The van der Waals surface area contributed by atoms with E-state index in [2.05, 4.69) is 4.98 Å². The maximum Gasteiger partial charge on any atom is 0.282 e. The van der Waals surface area contributed by atoms with Crippen molar-refractivity contribution in [1.82, 2.24) is 18.5 Å². The Labute approximate surface area is 193 Å². The molecule has 7 nitrogen and oxygen atoms in total. The molecule has 0 atom stereocenters. The van der Waals surface area contributed by atoms with Crippen molar-refractivity contribution < 1.29 is 17.6 Å². The first-order valence-corrected chi connectivity index (χ1v) is 12.4. The molecule has 2 heterocycles. The van der Waals surface area contributed by atoms with Crippen molar-refractivity contribution in [2.75, 3.05) is 39.3 Å². The highest BCUT2D eigenvalue weighted by atomic mass is 32.2. The van der Waals surface area contributed by atoms with Gasteiger partial charge >= 0.3 is 0 Å². The highest BCUT2D eigenvalue weighted by Gasteiger charge is 2.32. The van der Waals surface area contributed by atoms with Gasteiger partial charge in [0, 0.05) is 50.2 Å². The van der Waals surface area contributed by atoms with Gasteiger partial charge in [-0.15, -0.1) is 0 Å². The fraction of sp³-hybridized carbons (Fsp3) is 0.333. The third-order valence-corrected chi connectivity index (χ3v) is 8.16. The highest BCUT2D eigenvalue weighted by molar-refractivity contribution is 7.86. The number of halogens is 1. The molecule has 4 rings (SSSR count). The molecular formula is C24H27FN4O3S. The van der Waals surface area contributed by atoms with E-state index in [9.17, 15) is 17.6 Å². The number of carbonyl (C=O) groups excluding carboxylic acids is 1. The van der Waals surface area contributed by atoms with Gasteiger partial charge in [0.15, 0.2) is 0 Å². The lowest BCUT2D eigenvalue weighted by atomic mass is 10.0. The Morgan fingerprint density at radius 2 is 1.64 bits per heavy atom. The average Bonchev–Trinajstić information content (AvgIpc) is 2.84. The van der Waals surface area contributed by atoms with Crippen LogP contribution in [0, 0.1) is 5.82 Å². The number of fused-ring (bicyclic) bond motifs is 1. The zero-order chi connectivity index (χ0) is 23.6. The first-order chi connectivity index (χ1) is 15.8. The number of aromatic nitrogens is 1. The molecule has 1 aliphatic heterocycles. The minimum Gasteiger partial charge on any atom is -0.336 e. The van der Waals surface area contributed by atoms with E-state index in [4.69, 9.17) is 0 Å². The second-order valence-corrected chi connectivity index (χ2v) is 9.79. The van der Waals surface area contributed by atoms with Crippen LogP contribution < -0.4 is 0 Å². The Morgan fingerprint density at radius 3 is 2.27 bits per heavy atom. The molecule has 0 unspecified atom stereocenters. The van der Waals surface area contributed by atoms with Gasteiger partial charge in [-0.25, -0.2) is 9.37 Å². The van der Waals surface area contributed by atoms with Crippen LogP contribution in [0.15, 0.2) is 54.6 Å². The topological polar surface area (TPSA) is 73.8 Å². The van der Waals surface area contributed by atoms with Crippen molar-refractivity contribution >= 4 is 27.0 Å². The SMILES string of the molecule is CCN(CC)S(=O)(=O)N1CCN(C(=O)c2cc(-c3ccc(F)cc3)nc3ccccc23)CC1. The summed E-state index contributed by atoms with van der Waals surface area (Å²) in [4.78, 5) is 19.9. The summed E-state index contributed by atoms with van der Waals surface area (Å²) in [6, 6.07) is 15.1. The summed E-state index contributed by atoms with van der Waals surface area (Å²) in [5.74, 6) is -0.509. The molecule has 0 aliphatic carbocycles. The van der Waals surface area contributed by atoms with Gasteiger partial charge in [-0.05, 0) is 36.4 Å². The lowest BCUT2D eigenvalue weighted by Gasteiger charge is -2.36. The van der Waals surface area contributed by atoms with E-state index in [-0.39, 0.29) is 24.8 Å². The third-order valence-electron chi connectivity index (χ3n) is 5.97. The van der Waals surface area contributed by atoms with E-state index in [0.29, 0.717) is 48.5 Å². The van der Waals surface area contributed by atoms with Crippen molar-refractivity contribution in [1.29, 1.82) is 0 Å². The summed E-state index contributed by atoms with van der Waals surface area (Å²) >= 11 is 0. The molecule has 1 aliphatic rings. The van der Waals surface area contributed by atoms with Crippen LogP contribution in [0.5, 0.6) is 0 Å². The van der Waals surface area contributed by atoms with Gasteiger partial charge in [0.25, 0.3) is 16.1 Å². The second-order valence-electron chi connectivity index (χ2n) is 7.86. The second kappa shape index (κ2) is 9.54. The predicted molar refractivity (Wildman–Crippen MR) is 126 cm³/mol. The smallest absolute Gasteiger partial charge is 0.282 e. The first-order valence-electron chi connectivity index (χ1n) is 11.1. The molecule has 1 fully saturated rings. The summed E-state index contributed by atoms with van der Waals surface area (Å²) in [5.41, 5.74) is 2.47. The molecule has 1 aromatic heterocycles. The summed E-state index contributed by atoms with van der Waals surface area (Å²) < 4.78 is 41.9. The number of benzene rings is 2. The fourth-order valence-corrected chi connectivity index (χ4v) is 5.73. The Kier molecular flexibility index (Phi) is 6.73. The van der Waals surface area contributed by atoms with Crippen LogP contribution in [0.3, 0.4) is 0 Å². The maximum atomic E-state index is 13.5. The fourth-order valence-electron chi connectivity index (χ4n) is 4.13. The van der Waals surface area contributed by atoms with Gasteiger partial charge in [-0.2, -0.15) is 17.0 Å². The van der Waals surface area contributed by atoms with Gasteiger partial charge in [0.2, 0.25) is 0 Å². The largest absolute Gasteiger partial charge is 0.336 e. The zero-order valence-corrected chi connectivity index (χ0v) is 19.6. The Hall–Kier alpha value is -2.88. The van der Waals surface area contributed by atoms with Gasteiger partial charge in [-0.1, -0.05) is 32.0 Å². The number of carbonyl (C=O) groups is 1. The van der Waals surface area contributed by atoms with Gasteiger partial charge in [0.1, 0.15) is 5.82 Å². The number of amides is 1. The van der Waals surface area contributed by atoms with Crippen molar-refractivity contribution in [3.63, 3.8) is 0 Å². The molecule has 1 saturated heterocycles. The molecule has 174 valence electrons. The lowest BCUT2D eigenvalue weighted by Crippen LogP contribution is -2.54. The molecule has 2 aromatic carbocycles. The predicted octanol–water partition coefficient (Wildman–Crippen LogP) is 3.39. The summed E-state index contributed by atoms with van der Waals surface area (Å²) in [7, 11) is -3.53. The van der Waals surface area contributed by atoms with Crippen LogP contribution in [0.4, 0.5) is 4.39 Å². The van der Waals surface area contributed by atoms with E-state index in [1.807, 2.05) is 38.1 Å². The zero-order valence-electron chi connectivity index (χ0n) is 18.7. The molecule has 9 heteroatoms. The quantitative estimate of drug-likeness (QED) is 0.554. The van der Waals surface area contributed by atoms with E-state index in [0.717, 1.165) is 5.39 Å².